The predicted molar refractivity (Wildman–Crippen MR) is 112 cm³/mol. The summed E-state index contributed by atoms with van der Waals surface area (Å²) in [6, 6.07) is 18.7. The Hall–Kier alpha value is -4.32. The van der Waals surface area contributed by atoms with Gasteiger partial charge in [0.25, 0.3) is 5.69 Å². The van der Waals surface area contributed by atoms with Crippen molar-refractivity contribution in [1.29, 1.82) is 0 Å². The Morgan fingerprint density at radius 1 is 0.733 bits per heavy atom. The smallest absolute Gasteiger partial charge is 0.348 e. The molecule has 30 heavy (non-hydrogen) atoms. The van der Waals surface area contributed by atoms with Crippen molar-refractivity contribution < 1.29 is 24.3 Å². The minimum absolute atomic E-state index is 0.0210. The summed E-state index contributed by atoms with van der Waals surface area (Å²) in [6.45, 7) is 0. The van der Waals surface area contributed by atoms with Crippen molar-refractivity contribution in [2.45, 2.75) is 0 Å². The highest BCUT2D eigenvalue weighted by atomic mass is 16.4. The molecule has 146 valence electrons. The van der Waals surface area contributed by atoms with E-state index in [9.17, 15) is 20.1 Å². The molecule has 3 N–H and O–H groups in total. The number of fused-ring (bicyclic) bond motifs is 3. The second-order valence-electron chi connectivity index (χ2n) is 6.88. The summed E-state index contributed by atoms with van der Waals surface area (Å²) in [7, 11) is 0. The van der Waals surface area contributed by atoms with Crippen LogP contribution in [0.4, 0.5) is 0 Å². The molecule has 0 unspecified atom stereocenters. The first-order chi connectivity index (χ1) is 14.6. The summed E-state index contributed by atoms with van der Waals surface area (Å²) in [5, 5.41) is 34.3. The van der Waals surface area contributed by atoms with Gasteiger partial charge in [0.1, 0.15) is 28.2 Å². The van der Waals surface area contributed by atoms with E-state index in [4.69, 9.17) is 4.42 Å². The highest BCUT2D eigenvalue weighted by Crippen LogP contribution is 2.43. The van der Waals surface area contributed by atoms with Gasteiger partial charge in [0.05, 0.1) is 5.39 Å². The van der Waals surface area contributed by atoms with E-state index in [1.807, 2.05) is 24.3 Å². The van der Waals surface area contributed by atoms with Gasteiger partial charge in [0.15, 0.2) is 18.1 Å². The minimum Gasteiger partial charge on any atom is -0.507 e. The van der Waals surface area contributed by atoms with Crippen molar-refractivity contribution >= 4 is 21.7 Å². The van der Waals surface area contributed by atoms with Crippen LogP contribution in [0.15, 0.2) is 88.3 Å². The van der Waals surface area contributed by atoms with Crippen LogP contribution in [-0.4, -0.2) is 15.3 Å². The zero-order valence-corrected chi connectivity index (χ0v) is 15.6. The van der Waals surface area contributed by atoms with E-state index in [1.54, 1.807) is 47.3 Å². The zero-order chi connectivity index (χ0) is 20.8. The first-order valence-electron chi connectivity index (χ1n) is 9.26. The molecule has 5 aromatic rings. The highest BCUT2D eigenvalue weighted by molar-refractivity contribution is 6.10. The van der Waals surface area contributed by atoms with Gasteiger partial charge in [-0.2, -0.15) is 4.57 Å². The van der Waals surface area contributed by atoms with Gasteiger partial charge < -0.3 is 19.7 Å². The van der Waals surface area contributed by atoms with E-state index >= 15 is 0 Å². The zero-order valence-electron chi connectivity index (χ0n) is 15.6. The third-order valence-corrected chi connectivity index (χ3v) is 5.13. The van der Waals surface area contributed by atoms with Gasteiger partial charge in [0.2, 0.25) is 0 Å². The van der Waals surface area contributed by atoms with Gasteiger partial charge in [0, 0.05) is 12.1 Å². The lowest BCUT2D eigenvalue weighted by Gasteiger charge is -2.12. The summed E-state index contributed by atoms with van der Waals surface area (Å²) in [4.78, 5) is 12.9. The lowest BCUT2D eigenvalue weighted by atomic mass is 9.98. The van der Waals surface area contributed by atoms with E-state index < -0.39 is 5.63 Å². The predicted octanol–water partition coefficient (Wildman–Crippen LogP) is 4.01. The van der Waals surface area contributed by atoms with E-state index in [-0.39, 0.29) is 39.6 Å². The van der Waals surface area contributed by atoms with Crippen molar-refractivity contribution in [3.8, 4) is 34.1 Å². The van der Waals surface area contributed by atoms with Crippen LogP contribution in [0.1, 0.15) is 0 Å². The van der Waals surface area contributed by atoms with Gasteiger partial charge >= 0.3 is 5.63 Å². The van der Waals surface area contributed by atoms with Crippen molar-refractivity contribution in [1.82, 2.24) is 0 Å². The normalized spacial score (nSPS) is 11.2. The molecule has 0 bridgehead atoms. The van der Waals surface area contributed by atoms with Crippen molar-refractivity contribution in [3.63, 3.8) is 0 Å². The molecule has 0 aliphatic carbocycles. The number of aromatic nitrogens is 1. The molecule has 0 fully saturated rings. The molecule has 6 heteroatoms. The molecular weight excluding hydrogens is 382 g/mol. The number of benzene rings is 3. The number of hydrogen-bond donors (Lipinski definition) is 3. The maximum Gasteiger partial charge on any atom is 0.348 e. The van der Waals surface area contributed by atoms with Gasteiger partial charge in [-0.15, -0.1) is 0 Å². The Bertz CT molecular complexity index is 1490. The van der Waals surface area contributed by atoms with E-state index in [1.165, 1.54) is 12.1 Å². The first kappa shape index (κ1) is 17.8. The van der Waals surface area contributed by atoms with Crippen molar-refractivity contribution in [2.75, 3.05) is 0 Å². The molecule has 0 saturated heterocycles. The average molecular weight is 398 g/mol. The summed E-state index contributed by atoms with van der Waals surface area (Å²) >= 11 is 0. The highest BCUT2D eigenvalue weighted by Gasteiger charge is 2.29. The second kappa shape index (κ2) is 6.63. The molecule has 0 saturated carbocycles. The van der Waals surface area contributed by atoms with Gasteiger partial charge in [-0.05, 0) is 29.0 Å². The lowest BCUT2D eigenvalue weighted by molar-refractivity contribution is -0.595. The van der Waals surface area contributed by atoms with E-state index in [2.05, 4.69) is 0 Å². The quantitative estimate of drug-likeness (QED) is 0.181. The van der Waals surface area contributed by atoms with Crippen LogP contribution in [0.5, 0.6) is 17.2 Å². The third-order valence-electron chi connectivity index (χ3n) is 5.13. The number of phenols is 2. The lowest BCUT2D eigenvalue weighted by Crippen LogP contribution is -2.30. The van der Waals surface area contributed by atoms with Crippen molar-refractivity contribution in [3.05, 3.63) is 89.5 Å². The van der Waals surface area contributed by atoms with Crippen LogP contribution in [-0.2, 0) is 0 Å². The Morgan fingerprint density at radius 3 is 2.27 bits per heavy atom. The SMILES string of the molecule is O=c1oc2ccc3ccccc3c2c(O)c1-c1c(O)ccc(O)c1-[n+]1ccccc1. The molecule has 0 atom stereocenters. The summed E-state index contributed by atoms with van der Waals surface area (Å²) < 4.78 is 7.06. The van der Waals surface area contributed by atoms with Crippen LogP contribution >= 0.6 is 0 Å². The number of aromatic hydroxyl groups is 3. The number of phenolic OH excluding ortho intramolecular Hbond substituents is 2. The topological polar surface area (TPSA) is 94.8 Å². The summed E-state index contributed by atoms with van der Waals surface area (Å²) in [5.74, 6) is -0.770. The van der Waals surface area contributed by atoms with E-state index in [0.29, 0.717) is 10.8 Å². The largest absolute Gasteiger partial charge is 0.507 e. The number of hydrogen-bond acceptors (Lipinski definition) is 5. The van der Waals surface area contributed by atoms with E-state index in [0.717, 1.165) is 5.39 Å². The number of pyridine rings is 1. The molecule has 5 rings (SSSR count). The van der Waals surface area contributed by atoms with Gasteiger partial charge in [-0.1, -0.05) is 36.4 Å². The van der Waals surface area contributed by atoms with Crippen LogP contribution in [0.25, 0.3) is 38.6 Å². The molecule has 0 amide bonds. The van der Waals surface area contributed by atoms with Crippen LogP contribution < -0.4 is 10.2 Å². The Labute approximate surface area is 170 Å². The molecule has 2 heterocycles. The monoisotopic (exact) mass is 398 g/mol. The maximum absolute atomic E-state index is 12.9. The fraction of sp³-hybridized carbons (Fsp3) is 0. The number of nitrogens with zero attached hydrogens (tertiary/aromatic N) is 1. The Morgan fingerprint density at radius 2 is 1.47 bits per heavy atom. The average Bonchev–Trinajstić information content (AvgIpc) is 2.76. The van der Waals surface area contributed by atoms with Crippen molar-refractivity contribution in [2.24, 2.45) is 0 Å². The molecular formula is C24H16NO5+. The third kappa shape index (κ3) is 2.58. The van der Waals surface area contributed by atoms with Gasteiger partial charge in [-0.25, -0.2) is 4.79 Å². The summed E-state index contributed by atoms with van der Waals surface area (Å²) in [6.07, 6.45) is 3.32. The minimum atomic E-state index is -0.825. The maximum atomic E-state index is 12.9. The molecule has 0 aliphatic heterocycles. The van der Waals surface area contributed by atoms with Crippen LogP contribution in [0.2, 0.25) is 0 Å². The fourth-order valence-corrected chi connectivity index (χ4v) is 3.80. The molecule has 0 aliphatic rings. The molecule has 0 radical (unpaired) electrons. The Kier molecular flexibility index (Phi) is 3.93. The molecule has 2 aromatic heterocycles. The van der Waals surface area contributed by atoms with Gasteiger partial charge in [-0.3, -0.25) is 0 Å². The Balaban J connectivity index is 1.95. The molecule has 0 spiro atoms. The first-order valence-corrected chi connectivity index (χ1v) is 9.26. The standard InChI is InChI=1S/C24H15NO5/c26-16-9-10-17(27)22(25-12-4-1-5-13-25)20(16)21-23(28)19-15-7-3-2-6-14(15)8-11-18(19)30-24(21)29/h1-13H,(H2-,26,27,28,29)/p+1. The second-order valence-corrected chi connectivity index (χ2v) is 6.88. The fourth-order valence-electron chi connectivity index (χ4n) is 3.80. The van der Waals surface area contributed by atoms with Crippen LogP contribution in [0, 0.1) is 0 Å². The number of rotatable bonds is 2. The molecule has 3 aromatic carbocycles. The molecule has 6 nitrogen and oxygen atoms in total. The summed E-state index contributed by atoms with van der Waals surface area (Å²) in [5.41, 5.74) is -0.689. The van der Waals surface area contributed by atoms with Crippen LogP contribution in [0.3, 0.4) is 0 Å².